The number of rotatable bonds is 8. The highest BCUT2D eigenvalue weighted by molar-refractivity contribution is 7.97. The first-order valence-electron chi connectivity index (χ1n) is 5.51. The van der Waals surface area contributed by atoms with Crippen molar-refractivity contribution in [3.8, 4) is 5.75 Å². The number of nitrogens with zero attached hydrogens (tertiary/aromatic N) is 1. The molecule has 0 amide bonds. The van der Waals surface area contributed by atoms with Crippen molar-refractivity contribution in [2.45, 2.75) is 18.6 Å². The van der Waals surface area contributed by atoms with E-state index in [2.05, 4.69) is 0 Å². The number of hydrogen-bond acceptors (Lipinski definition) is 5. The van der Waals surface area contributed by atoms with E-state index in [4.69, 9.17) is 4.74 Å². The lowest BCUT2D eigenvalue weighted by Crippen LogP contribution is -1.99. The van der Waals surface area contributed by atoms with Crippen LogP contribution in [0.2, 0.25) is 0 Å². The second kappa shape index (κ2) is 7.71. The highest BCUT2D eigenvalue weighted by atomic mass is 32.2. The summed E-state index contributed by atoms with van der Waals surface area (Å²) in [6.07, 6.45) is 3.82. The molecule has 0 radical (unpaired) electrons. The Morgan fingerprint density at radius 1 is 1.44 bits per heavy atom. The van der Waals surface area contributed by atoms with Gasteiger partial charge in [0.15, 0.2) is 0 Å². The van der Waals surface area contributed by atoms with Gasteiger partial charge in [0.1, 0.15) is 12.0 Å². The number of thioether (sulfide) groups is 1. The summed E-state index contributed by atoms with van der Waals surface area (Å²) in [6, 6.07) is 4.75. The first-order chi connectivity index (χ1) is 8.67. The second-order valence-electron chi connectivity index (χ2n) is 3.68. The third-order valence-corrected chi connectivity index (χ3v) is 2.83. The Balaban J connectivity index is 2.75. The fourth-order valence-corrected chi connectivity index (χ4v) is 1.94. The van der Waals surface area contributed by atoms with Crippen LogP contribution >= 0.6 is 11.8 Å². The van der Waals surface area contributed by atoms with Gasteiger partial charge >= 0.3 is 0 Å². The molecule has 18 heavy (non-hydrogen) atoms. The standard InChI is InChI=1S/C12H15NO4S/c1-18-9-10-6-11(13(15)16)8-12(7-10)17-5-3-2-4-14/h4,6-8H,2-3,5,9H2,1H3. The van der Waals surface area contributed by atoms with Crippen molar-refractivity contribution >= 4 is 23.7 Å². The molecular formula is C12H15NO4S. The van der Waals surface area contributed by atoms with Crippen LogP contribution in [0.25, 0.3) is 0 Å². The molecule has 0 aromatic heterocycles. The zero-order valence-corrected chi connectivity index (χ0v) is 10.9. The molecule has 98 valence electrons. The molecule has 1 rings (SSSR count). The van der Waals surface area contributed by atoms with Crippen LogP contribution in [-0.2, 0) is 10.5 Å². The number of ether oxygens (including phenoxy) is 1. The Labute approximate surface area is 110 Å². The number of carbonyl (C=O) groups excluding carboxylic acids is 1. The smallest absolute Gasteiger partial charge is 0.273 e. The van der Waals surface area contributed by atoms with Gasteiger partial charge in [0, 0.05) is 18.2 Å². The third-order valence-electron chi connectivity index (χ3n) is 2.21. The molecule has 0 saturated heterocycles. The topological polar surface area (TPSA) is 69.4 Å². The van der Waals surface area contributed by atoms with E-state index in [9.17, 15) is 14.9 Å². The molecule has 5 nitrogen and oxygen atoms in total. The Morgan fingerprint density at radius 2 is 2.22 bits per heavy atom. The summed E-state index contributed by atoms with van der Waals surface area (Å²) < 4.78 is 5.41. The summed E-state index contributed by atoms with van der Waals surface area (Å²) in [5.41, 5.74) is 0.897. The molecule has 0 N–H and O–H groups in total. The van der Waals surface area contributed by atoms with E-state index >= 15 is 0 Å². The van der Waals surface area contributed by atoms with Gasteiger partial charge in [-0.2, -0.15) is 11.8 Å². The van der Waals surface area contributed by atoms with Crippen molar-refractivity contribution in [3.63, 3.8) is 0 Å². The molecule has 0 heterocycles. The molecule has 0 bridgehead atoms. The summed E-state index contributed by atoms with van der Waals surface area (Å²) in [7, 11) is 0. The Kier molecular flexibility index (Phi) is 6.21. The SMILES string of the molecule is CSCc1cc(OCCCC=O)cc([N+](=O)[O-])c1. The first kappa shape index (κ1) is 14.5. The van der Waals surface area contributed by atoms with Gasteiger partial charge in [0.05, 0.1) is 17.6 Å². The van der Waals surface area contributed by atoms with Gasteiger partial charge in [-0.15, -0.1) is 0 Å². The van der Waals surface area contributed by atoms with Crippen molar-refractivity contribution in [1.82, 2.24) is 0 Å². The second-order valence-corrected chi connectivity index (χ2v) is 4.55. The summed E-state index contributed by atoms with van der Waals surface area (Å²) in [5.74, 6) is 1.19. The number of hydrogen-bond donors (Lipinski definition) is 0. The summed E-state index contributed by atoms with van der Waals surface area (Å²) >= 11 is 1.59. The van der Waals surface area contributed by atoms with E-state index in [1.807, 2.05) is 6.26 Å². The van der Waals surface area contributed by atoms with Crippen molar-refractivity contribution in [3.05, 3.63) is 33.9 Å². The lowest BCUT2D eigenvalue weighted by atomic mass is 10.2. The molecule has 0 aliphatic heterocycles. The largest absolute Gasteiger partial charge is 0.493 e. The van der Waals surface area contributed by atoms with Gasteiger partial charge in [-0.1, -0.05) is 0 Å². The summed E-state index contributed by atoms with van der Waals surface area (Å²) in [4.78, 5) is 20.5. The highest BCUT2D eigenvalue weighted by Crippen LogP contribution is 2.25. The molecule has 1 aromatic carbocycles. The molecule has 0 aliphatic carbocycles. The zero-order valence-electron chi connectivity index (χ0n) is 10.1. The Bertz CT molecular complexity index is 423. The van der Waals surface area contributed by atoms with Gasteiger partial charge in [-0.25, -0.2) is 0 Å². The maximum absolute atomic E-state index is 10.8. The van der Waals surface area contributed by atoms with Gasteiger partial charge in [0.25, 0.3) is 5.69 Å². The number of benzene rings is 1. The number of aldehydes is 1. The number of nitro benzene ring substituents is 1. The van der Waals surface area contributed by atoms with E-state index in [1.54, 1.807) is 23.9 Å². The van der Waals surface area contributed by atoms with E-state index < -0.39 is 4.92 Å². The van der Waals surface area contributed by atoms with E-state index in [0.717, 1.165) is 11.8 Å². The normalized spacial score (nSPS) is 10.1. The molecule has 0 aliphatic rings. The highest BCUT2D eigenvalue weighted by Gasteiger charge is 2.10. The predicted molar refractivity (Wildman–Crippen MR) is 71.1 cm³/mol. The van der Waals surface area contributed by atoms with E-state index in [-0.39, 0.29) is 5.69 Å². The molecule has 6 heteroatoms. The number of unbranched alkanes of at least 4 members (excludes halogenated alkanes) is 1. The van der Waals surface area contributed by atoms with Crippen LogP contribution in [-0.4, -0.2) is 24.1 Å². The summed E-state index contributed by atoms with van der Waals surface area (Å²) in [6.45, 7) is 0.388. The van der Waals surface area contributed by atoms with Gasteiger partial charge in [0.2, 0.25) is 0 Å². The average molecular weight is 269 g/mol. The quantitative estimate of drug-likeness (QED) is 0.314. The van der Waals surface area contributed by atoms with Crippen LogP contribution < -0.4 is 4.74 Å². The van der Waals surface area contributed by atoms with Gasteiger partial charge < -0.3 is 9.53 Å². The monoisotopic (exact) mass is 269 g/mol. The van der Waals surface area contributed by atoms with Crippen molar-refractivity contribution < 1.29 is 14.5 Å². The van der Waals surface area contributed by atoms with Crippen molar-refractivity contribution in [1.29, 1.82) is 0 Å². The van der Waals surface area contributed by atoms with Crippen LogP contribution in [0, 0.1) is 10.1 Å². The van der Waals surface area contributed by atoms with Crippen molar-refractivity contribution in [2.75, 3.05) is 12.9 Å². The Hall–Kier alpha value is -1.56. The minimum atomic E-state index is -0.428. The lowest BCUT2D eigenvalue weighted by Gasteiger charge is -2.07. The zero-order chi connectivity index (χ0) is 13.4. The maximum Gasteiger partial charge on any atom is 0.273 e. The van der Waals surface area contributed by atoms with Crippen LogP contribution in [0.4, 0.5) is 5.69 Å². The minimum Gasteiger partial charge on any atom is -0.493 e. The molecular weight excluding hydrogens is 254 g/mol. The van der Waals surface area contributed by atoms with Gasteiger partial charge in [-0.05, 0) is 24.3 Å². The fraction of sp³-hybridized carbons (Fsp3) is 0.417. The van der Waals surface area contributed by atoms with Crippen LogP contribution in [0.1, 0.15) is 18.4 Å². The lowest BCUT2D eigenvalue weighted by molar-refractivity contribution is -0.385. The van der Waals surface area contributed by atoms with Crippen LogP contribution in [0.3, 0.4) is 0 Å². The summed E-state index contributed by atoms with van der Waals surface area (Å²) in [5, 5.41) is 10.8. The Morgan fingerprint density at radius 3 is 2.83 bits per heavy atom. The van der Waals surface area contributed by atoms with Gasteiger partial charge in [-0.3, -0.25) is 10.1 Å². The number of carbonyl (C=O) groups is 1. The molecule has 0 spiro atoms. The molecule has 0 atom stereocenters. The average Bonchev–Trinajstić information content (AvgIpc) is 2.35. The molecule has 0 unspecified atom stereocenters. The molecule has 0 saturated carbocycles. The predicted octanol–water partition coefficient (Wildman–Crippen LogP) is 2.82. The minimum absolute atomic E-state index is 0.0342. The van der Waals surface area contributed by atoms with Crippen LogP contribution in [0.15, 0.2) is 18.2 Å². The number of non-ortho nitro benzene ring substituents is 1. The fourth-order valence-electron chi connectivity index (χ4n) is 1.44. The van der Waals surface area contributed by atoms with Crippen LogP contribution in [0.5, 0.6) is 5.75 Å². The maximum atomic E-state index is 10.8. The van der Waals surface area contributed by atoms with E-state index in [0.29, 0.717) is 31.0 Å². The molecule has 0 fully saturated rings. The van der Waals surface area contributed by atoms with E-state index in [1.165, 1.54) is 6.07 Å². The number of nitro groups is 1. The van der Waals surface area contributed by atoms with Crippen molar-refractivity contribution in [2.24, 2.45) is 0 Å². The molecule has 1 aromatic rings. The first-order valence-corrected chi connectivity index (χ1v) is 6.90. The third kappa shape index (κ3) is 4.75.